The average Bonchev–Trinajstić information content (AvgIpc) is 2.85. The molecule has 168 valence electrons. The highest BCUT2D eigenvalue weighted by Crippen LogP contribution is 2.24. The van der Waals surface area contributed by atoms with Gasteiger partial charge in [-0.15, -0.1) is 0 Å². The van der Waals surface area contributed by atoms with Crippen LogP contribution in [0.4, 0.5) is 0 Å². The number of hydrogen-bond acceptors (Lipinski definition) is 5. The lowest BCUT2D eigenvalue weighted by molar-refractivity contribution is -0.117. The fourth-order valence-electron chi connectivity index (χ4n) is 3.21. The predicted octanol–water partition coefficient (Wildman–Crippen LogP) is 4.81. The minimum absolute atomic E-state index is 0.0101. The van der Waals surface area contributed by atoms with Gasteiger partial charge in [0.05, 0.1) is 14.2 Å². The third-order valence-electron chi connectivity index (χ3n) is 4.98. The van der Waals surface area contributed by atoms with Gasteiger partial charge in [0.1, 0.15) is 35.5 Å². The summed E-state index contributed by atoms with van der Waals surface area (Å²) in [4.78, 5) is 12.5. The summed E-state index contributed by atoms with van der Waals surface area (Å²) < 4.78 is 16.3. The van der Waals surface area contributed by atoms with Gasteiger partial charge >= 0.3 is 0 Å². The zero-order chi connectivity index (χ0) is 23.6. The normalized spacial score (nSPS) is 10.8. The quantitative estimate of drug-likeness (QED) is 0.380. The van der Waals surface area contributed by atoms with Crippen LogP contribution in [0.1, 0.15) is 22.3 Å². The third-order valence-corrected chi connectivity index (χ3v) is 4.98. The van der Waals surface area contributed by atoms with Gasteiger partial charge in [-0.05, 0) is 48.4 Å². The maximum atomic E-state index is 12.5. The first-order chi connectivity index (χ1) is 16.0. The van der Waals surface area contributed by atoms with Crippen molar-refractivity contribution in [2.75, 3.05) is 14.2 Å². The molecule has 0 fully saturated rings. The van der Waals surface area contributed by atoms with E-state index in [4.69, 9.17) is 14.2 Å². The van der Waals surface area contributed by atoms with Gasteiger partial charge in [0.25, 0.3) is 5.91 Å². The summed E-state index contributed by atoms with van der Waals surface area (Å²) in [5, 5.41) is 12.2. The molecule has 3 rings (SSSR count). The second kappa shape index (κ2) is 11.4. The number of nitriles is 1. The second-order valence-corrected chi connectivity index (χ2v) is 7.38. The first-order valence-corrected chi connectivity index (χ1v) is 10.4. The van der Waals surface area contributed by atoms with Gasteiger partial charge in [-0.2, -0.15) is 5.26 Å². The van der Waals surface area contributed by atoms with E-state index < -0.39 is 5.91 Å². The van der Waals surface area contributed by atoms with E-state index in [1.807, 2.05) is 61.5 Å². The lowest BCUT2D eigenvalue weighted by atomic mass is 10.1. The fourth-order valence-corrected chi connectivity index (χ4v) is 3.21. The molecule has 3 aromatic carbocycles. The molecule has 6 heteroatoms. The van der Waals surface area contributed by atoms with Crippen molar-refractivity contribution in [2.45, 2.75) is 20.1 Å². The van der Waals surface area contributed by atoms with Gasteiger partial charge in [0.15, 0.2) is 0 Å². The van der Waals surface area contributed by atoms with E-state index >= 15 is 0 Å². The Kier molecular flexibility index (Phi) is 8.09. The maximum absolute atomic E-state index is 12.5. The van der Waals surface area contributed by atoms with E-state index in [-0.39, 0.29) is 12.1 Å². The maximum Gasteiger partial charge on any atom is 0.262 e. The standard InChI is InChI=1S/C27H26N2O4/c1-19-5-4-6-21(13-19)18-33-24-10-7-20(8-11-24)14-23(16-28)27(30)29-17-22-9-12-25(31-2)15-26(22)32-3/h4-15H,17-18H2,1-3H3,(H,29,30)/b23-14+. The Morgan fingerprint density at radius 2 is 1.76 bits per heavy atom. The fraction of sp³-hybridized carbons (Fsp3) is 0.185. The highest BCUT2D eigenvalue weighted by molar-refractivity contribution is 6.01. The van der Waals surface area contributed by atoms with Crippen LogP contribution in [0.3, 0.4) is 0 Å². The van der Waals surface area contributed by atoms with Crippen LogP contribution in [0.5, 0.6) is 17.2 Å². The number of nitrogens with one attached hydrogen (secondary N) is 1. The first-order valence-electron chi connectivity index (χ1n) is 10.4. The van der Waals surface area contributed by atoms with Crippen LogP contribution in [0, 0.1) is 18.3 Å². The Labute approximate surface area is 194 Å². The smallest absolute Gasteiger partial charge is 0.262 e. The summed E-state index contributed by atoms with van der Waals surface area (Å²) in [5.41, 5.74) is 3.79. The van der Waals surface area contributed by atoms with Crippen LogP contribution >= 0.6 is 0 Å². The molecule has 0 aliphatic rings. The van der Waals surface area contributed by atoms with E-state index in [0.717, 1.165) is 16.7 Å². The summed E-state index contributed by atoms with van der Waals surface area (Å²) in [6.45, 7) is 2.73. The van der Waals surface area contributed by atoms with Crippen LogP contribution in [-0.2, 0) is 17.9 Å². The Bertz CT molecular complexity index is 1180. The first kappa shape index (κ1) is 23.4. The molecule has 0 bridgehead atoms. The van der Waals surface area contributed by atoms with Crippen molar-refractivity contribution in [1.29, 1.82) is 5.26 Å². The highest BCUT2D eigenvalue weighted by atomic mass is 16.5. The van der Waals surface area contributed by atoms with Gasteiger partial charge in [-0.25, -0.2) is 0 Å². The van der Waals surface area contributed by atoms with Crippen molar-refractivity contribution < 1.29 is 19.0 Å². The van der Waals surface area contributed by atoms with E-state index in [2.05, 4.69) is 11.4 Å². The van der Waals surface area contributed by atoms with Crippen LogP contribution in [0.25, 0.3) is 6.08 Å². The zero-order valence-corrected chi connectivity index (χ0v) is 18.9. The number of benzene rings is 3. The monoisotopic (exact) mass is 442 g/mol. The molecule has 0 heterocycles. The van der Waals surface area contributed by atoms with Crippen LogP contribution in [0.2, 0.25) is 0 Å². The number of amides is 1. The second-order valence-electron chi connectivity index (χ2n) is 7.38. The zero-order valence-electron chi connectivity index (χ0n) is 18.9. The van der Waals surface area contributed by atoms with Crippen LogP contribution in [0.15, 0.2) is 72.3 Å². The Morgan fingerprint density at radius 1 is 1.00 bits per heavy atom. The summed E-state index contributed by atoms with van der Waals surface area (Å²) in [5.74, 6) is 1.50. The molecule has 33 heavy (non-hydrogen) atoms. The Morgan fingerprint density at radius 3 is 2.42 bits per heavy atom. The summed E-state index contributed by atoms with van der Waals surface area (Å²) >= 11 is 0. The largest absolute Gasteiger partial charge is 0.497 e. The van der Waals surface area contributed by atoms with E-state index in [9.17, 15) is 10.1 Å². The van der Waals surface area contributed by atoms with Gasteiger partial charge in [-0.1, -0.05) is 42.0 Å². The summed E-state index contributed by atoms with van der Waals surface area (Å²) in [6, 6.07) is 22.7. The van der Waals surface area contributed by atoms with Crippen LogP contribution in [-0.4, -0.2) is 20.1 Å². The molecule has 0 unspecified atom stereocenters. The van der Waals surface area contributed by atoms with Crippen molar-refractivity contribution in [1.82, 2.24) is 5.32 Å². The number of hydrogen-bond donors (Lipinski definition) is 1. The molecule has 0 radical (unpaired) electrons. The number of nitrogens with zero attached hydrogens (tertiary/aromatic N) is 1. The molecule has 0 saturated carbocycles. The van der Waals surface area contributed by atoms with Gasteiger partial charge in [0, 0.05) is 18.2 Å². The topological polar surface area (TPSA) is 80.6 Å². The van der Waals surface area contributed by atoms with E-state index in [1.165, 1.54) is 5.56 Å². The van der Waals surface area contributed by atoms with Crippen LogP contribution < -0.4 is 19.5 Å². The molecule has 3 aromatic rings. The minimum Gasteiger partial charge on any atom is -0.497 e. The van der Waals surface area contributed by atoms with Gasteiger partial charge in [-0.3, -0.25) is 4.79 Å². The predicted molar refractivity (Wildman–Crippen MR) is 127 cm³/mol. The van der Waals surface area contributed by atoms with Crippen molar-refractivity contribution in [3.8, 4) is 23.3 Å². The number of ether oxygens (including phenoxy) is 3. The highest BCUT2D eigenvalue weighted by Gasteiger charge is 2.11. The molecular weight excluding hydrogens is 416 g/mol. The number of carbonyl (C=O) groups excluding carboxylic acids is 1. The minimum atomic E-state index is -0.463. The SMILES string of the molecule is COc1ccc(CNC(=O)/C(C#N)=C/c2ccc(OCc3cccc(C)c3)cc2)c(OC)c1. The Balaban J connectivity index is 1.61. The van der Waals surface area contributed by atoms with E-state index in [0.29, 0.717) is 23.9 Å². The molecular formula is C27H26N2O4. The average molecular weight is 443 g/mol. The third kappa shape index (κ3) is 6.62. The lowest BCUT2D eigenvalue weighted by Crippen LogP contribution is -2.24. The molecule has 1 N–H and O–H groups in total. The van der Waals surface area contributed by atoms with Crippen molar-refractivity contribution in [3.63, 3.8) is 0 Å². The number of rotatable bonds is 9. The molecule has 6 nitrogen and oxygen atoms in total. The lowest BCUT2D eigenvalue weighted by Gasteiger charge is -2.11. The molecule has 0 aliphatic heterocycles. The molecule has 0 aromatic heterocycles. The van der Waals surface area contributed by atoms with Crippen molar-refractivity contribution in [3.05, 3.63) is 94.6 Å². The Hall–Kier alpha value is -4.24. The van der Waals surface area contributed by atoms with Gasteiger partial charge < -0.3 is 19.5 Å². The van der Waals surface area contributed by atoms with Gasteiger partial charge in [0.2, 0.25) is 0 Å². The summed E-state index contributed by atoms with van der Waals surface area (Å²) in [6.07, 6.45) is 1.55. The number of carbonyl (C=O) groups is 1. The molecule has 0 atom stereocenters. The summed E-state index contributed by atoms with van der Waals surface area (Å²) in [7, 11) is 3.12. The number of aryl methyl sites for hydroxylation is 1. The molecule has 1 amide bonds. The molecule has 0 saturated heterocycles. The van der Waals surface area contributed by atoms with E-state index in [1.54, 1.807) is 32.4 Å². The van der Waals surface area contributed by atoms with Crippen molar-refractivity contribution >= 4 is 12.0 Å². The molecule has 0 spiro atoms. The van der Waals surface area contributed by atoms with Crippen molar-refractivity contribution in [2.24, 2.45) is 0 Å². The molecule has 0 aliphatic carbocycles. The number of methoxy groups -OCH3 is 2.